The van der Waals surface area contributed by atoms with Crippen LogP contribution in [0.3, 0.4) is 0 Å². The van der Waals surface area contributed by atoms with Gasteiger partial charge in [0.15, 0.2) is 0 Å². The molecule has 92 valence electrons. The van der Waals surface area contributed by atoms with Gasteiger partial charge in [-0.2, -0.15) is 0 Å². The maximum absolute atomic E-state index is 11.6. The zero-order chi connectivity index (χ0) is 12.1. The minimum Gasteiger partial charge on any atom is -0.356 e. The predicted octanol–water partition coefficient (Wildman–Crippen LogP) is -0.292. The average Bonchev–Trinajstić information content (AvgIpc) is 2.26. The monoisotopic (exact) mass is 227 g/mol. The van der Waals surface area contributed by atoms with Gasteiger partial charge in [-0.05, 0) is 25.7 Å². The number of nitrogens with two attached hydrogens (primary N) is 1. The van der Waals surface area contributed by atoms with Crippen LogP contribution in [-0.4, -0.2) is 42.4 Å². The molecule has 5 nitrogen and oxygen atoms in total. The smallest absolute Gasteiger partial charge is 0.239 e. The van der Waals surface area contributed by atoms with Crippen LogP contribution in [0.15, 0.2) is 0 Å². The van der Waals surface area contributed by atoms with Crippen LogP contribution in [0.4, 0.5) is 0 Å². The molecule has 0 radical (unpaired) electrons. The molecule has 3 N–H and O–H groups in total. The van der Waals surface area contributed by atoms with Crippen molar-refractivity contribution in [3.05, 3.63) is 0 Å². The predicted molar refractivity (Wildman–Crippen MR) is 61.6 cm³/mol. The molecule has 0 aromatic carbocycles. The molecule has 0 aromatic heterocycles. The van der Waals surface area contributed by atoms with E-state index >= 15 is 0 Å². The van der Waals surface area contributed by atoms with Gasteiger partial charge in [0.2, 0.25) is 11.8 Å². The lowest BCUT2D eigenvalue weighted by atomic mass is 9.96. The number of carbonyl (C=O) groups is 2. The van der Waals surface area contributed by atoms with Crippen molar-refractivity contribution >= 4 is 11.8 Å². The third-order valence-electron chi connectivity index (χ3n) is 2.96. The molecule has 1 rings (SSSR count). The Balaban J connectivity index is 2.28. The van der Waals surface area contributed by atoms with Crippen LogP contribution in [0.2, 0.25) is 0 Å². The molecule has 0 spiro atoms. The van der Waals surface area contributed by atoms with Gasteiger partial charge in [-0.15, -0.1) is 0 Å². The Kier molecular flexibility index (Phi) is 4.73. The summed E-state index contributed by atoms with van der Waals surface area (Å²) in [6.07, 6.45) is 1.89. The molecule has 5 heteroatoms. The highest BCUT2D eigenvalue weighted by Crippen LogP contribution is 2.16. The highest BCUT2D eigenvalue weighted by molar-refractivity contribution is 5.81. The molecule has 0 aliphatic carbocycles. The van der Waals surface area contributed by atoms with Gasteiger partial charge in [0, 0.05) is 26.6 Å². The lowest BCUT2D eigenvalue weighted by molar-refractivity contribution is -0.133. The first kappa shape index (κ1) is 13.0. The molecule has 2 amide bonds. The van der Waals surface area contributed by atoms with E-state index in [1.807, 2.05) is 4.90 Å². The van der Waals surface area contributed by atoms with Gasteiger partial charge in [-0.25, -0.2) is 0 Å². The van der Waals surface area contributed by atoms with Crippen LogP contribution in [0, 0.1) is 5.92 Å². The second kappa shape index (κ2) is 5.84. The van der Waals surface area contributed by atoms with E-state index in [0.717, 1.165) is 32.5 Å². The number of nitrogens with zero attached hydrogens (tertiary/aromatic N) is 1. The standard InChI is InChI=1S/C11H21N3O2/c1-8(12)11(16)14-5-3-10(4-6-14)7-13-9(2)15/h8,10H,3-7,12H2,1-2H3,(H,13,15). The van der Waals surface area contributed by atoms with Crippen molar-refractivity contribution in [2.24, 2.45) is 11.7 Å². The van der Waals surface area contributed by atoms with E-state index in [2.05, 4.69) is 5.32 Å². The molecule has 16 heavy (non-hydrogen) atoms. The van der Waals surface area contributed by atoms with E-state index in [4.69, 9.17) is 5.73 Å². The molecular formula is C11H21N3O2. The Hall–Kier alpha value is -1.10. The quantitative estimate of drug-likeness (QED) is 0.695. The minimum atomic E-state index is -0.410. The molecule has 1 saturated heterocycles. The van der Waals surface area contributed by atoms with Gasteiger partial charge in [0.1, 0.15) is 0 Å². The number of rotatable bonds is 3. The van der Waals surface area contributed by atoms with Crippen molar-refractivity contribution in [2.75, 3.05) is 19.6 Å². The Labute approximate surface area is 96.4 Å². The highest BCUT2D eigenvalue weighted by atomic mass is 16.2. The van der Waals surface area contributed by atoms with Crippen LogP contribution >= 0.6 is 0 Å². The normalized spacial score (nSPS) is 19.3. The summed E-state index contributed by atoms with van der Waals surface area (Å²) in [5.74, 6) is 0.521. The zero-order valence-electron chi connectivity index (χ0n) is 10.0. The van der Waals surface area contributed by atoms with Gasteiger partial charge in [-0.3, -0.25) is 9.59 Å². The highest BCUT2D eigenvalue weighted by Gasteiger charge is 2.24. The van der Waals surface area contributed by atoms with Gasteiger partial charge in [0.25, 0.3) is 0 Å². The minimum absolute atomic E-state index is 0.00841. The maximum atomic E-state index is 11.6. The number of carbonyl (C=O) groups excluding carboxylic acids is 2. The first-order valence-electron chi connectivity index (χ1n) is 5.79. The van der Waals surface area contributed by atoms with E-state index in [1.54, 1.807) is 6.92 Å². The van der Waals surface area contributed by atoms with Gasteiger partial charge in [0.05, 0.1) is 6.04 Å². The van der Waals surface area contributed by atoms with Gasteiger partial charge < -0.3 is 16.0 Å². The SMILES string of the molecule is CC(=O)NCC1CCN(C(=O)C(C)N)CC1. The Morgan fingerprint density at radius 1 is 1.44 bits per heavy atom. The summed E-state index contributed by atoms with van der Waals surface area (Å²) in [6, 6.07) is -0.410. The first-order valence-corrected chi connectivity index (χ1v) is 5.79. The Morgan fingerprint density at radius 3 is 2.44 bits per heavy atom. The van der Waals surface area contributed by atoms with Crippen LogP contribution in [-0.2, 0) is 9.59 Å². The fourth-order valence-corrected chi connectivity index (χ4v) is 1.93. The topological polar surface area (TPSA) is 75.4 Å². The molecule has 1 atom stereocenters. The summed E-state index contributed by atoms with van der Waals surface area (Å²) in [5, 5.41) is 2.81. The van der Waals surface area contributed by atoms with Crippen LogP contribution < -0.4 is 11.1 Å². The first-order chi connectivity index (χ1) is 7.50. The summed E-state index contributed by atoms with van der Waals surface area (Å²) >= 11 is 0. The van der Waals surface area contributed by atoms with Gasteiger partial charge >= 0.3 is 0 Å². The summed E-state index contributed by atoms with van der Waals surface area (Å²) in [5.41, 5.74) is 5.55. The Bertz CT molecular complexity index is 258. The molecule has 0 bridgehead atoms. The van der Waals surface area contributed by atoms with Crippen LogP contribution in [0.25, 0.3) is 0 Å². The molecule has 1 fully saturated rings. The lowest BCUT2D eigenvalue weighted by Crippen LogP contribution is -2.47. The van der Waals surface area contributed by atoms with E-state index in [-0.39, 0.29) is 11.8 Å². The van der Waals surface area contributed by atoms with Crippen molar-refractivity contribution in [3.63, 3.8) is 0 Å². The Morgan fingerprint density at radius 2 is 2.00 bits per heavy atom. The molecule has 1 aliphatic rings. The fraction of sp³-hybridized carbons (Fsp3) is 0.818. The average molecular weight is 227 g/mol. The van der Waals surface area contributed by atoms with Crippen molar-refractivity contribution in [3.8, 4) is 0 Å². The van der Waals surface area contributed by atoms with Crippen LogP contribution in [0.5, 0.6) is 0 Å². The van der Waals surface area contributed by atoms with Crippen molar-refractivity contribution in [1.82, 2.24) is 10.2 Å². The fourth-order valence-electron chi connectivity index (χ4n) is 1.93. The van der Waals surface area contributed by atoms with E-state index < -0.39 is 6.04 Å². The number of piperidine rings is 1. The second-order valence-electron chi connectivity index (χ2n) is 4.49. The third kappa shape index (κ3) is 3.81. The number of amides is 2. The zero-order valence-corrected chi connectivity index (χ0v) is 10.0. The molecule has 0 saturated carbocycles. The largest absolute Gasteiger partial charge is 0.356 e. The van der Waals surface area contributed by atoms with Crippen molar-refractivity contribution in [1.29, 1.82) is 0 Å². The summed E-state index contributed by atoms with van der Waals surface area (Å²) < 4.78 is 0. The van der Waals surface area contributed by atoms with Crippen LogP contribution in [0.1, 0.15) is 26.7 Å². The number of hydrogen-bond acceptors (Lipinski definition) is 3. The third-order valence-corrected chi connectivity index (χ3v) is 2.96. The number of nitrogens with one attached hydrogen (secondary N) is 1. The summed E-state index contributed by atoms with van der Waals surface area (Å²) in [4.78, 5) is 24.2. The molecular weight excluding hydrogens is 206 g/mol. The van der Waals surface area contributed by atoms with E-state index in [0.29, 0.717) is 5.92 Å². The molecule has 1 aliphatic heterocycles. The van der Waals surface area contributed by atoms with E-state index in [9.17, 15) is 9.59 Å². The summed E-state index contributed by atoms with van der Waals surface area (Å²) in [7, 11) is 0. The maximum Gasteiger partial charge on any atom is 0.239 e. The van der Waals surface area contributed by atoms with Crippen molar-refractivity contribution < 1.29 is 9.59 Å². The van der Waals surface area contributed by atoms with Gasteiger partial charge in [-0.1, -0.05) is 0 Å². The molecule has 0 aromatic rings. The lowest BCUT2D eigenvalue weighted by Gasteiger charge is -2.33. The summed E-state index contributed by atoms with van der Waals surface area (Å²) in [6.45, 7) is 5.46. The number of hydrogen-bond donors (Lipinski definition) is 2. The molecule has 1 heterocycles. The van der Waals surface area contributed by atoms with E-state index in [1.165, 1.54) is 6.92 Å². The van der Waals surface area contributed by atoms with Crippen molar-refractivity contribution in [2.45, 2.75) is 32.7 Å². The second-order valence-corrected chi connectivity index (χ2v) is 4.49. The number of likely N-dealkylation sites (tertiary alicyclic amines) is 1. The molecule has 1 unspecified atom stereocenters.